The molecule has 5 heteroatoms. The Bertz CT molecular complexity index is 528. The van der Waals surface area contributed by atoms with Gasteiger partial charge in [-0.3, -0.25) is 0 Å². The van der Waals surface area contributed by atoms with Gasteiger partial charge >= 0.3 is 0 Å². The summed E-state index contributed by atoms with van der Waals surface area (Å²) in [6, 6.07) is 10.1. The number of rotatable bonds is 3. The molecule has 0 saturated carbocycles. The molecule has 0 bridgehead atoms. The van der Waals surface area contributed by atoms with Crippen molar-refractivity contribution < 1.29 is 4.74 Å². The molecule has 1 aromatic heterocycles. The zero-order valence-corrected chi connectivity index (χ0v) is 11.8. The quantitative estimate of drug-likeness (QED) is 0.863. The maximum Gasteiger partial charge on any atom is 0.205 e. The topological polar surface area (TPSA) is 38.2 Å². The zero-order chi connectivity index (χ0) is 13.1. The monoisotopic (exact) mass is 275 g/mol. The van der Waals surface area contributed by atoms with E-state index in [9.17, 15) is 0 Å². The van der Waals surface area contributed by atoms with Gasteiger partial charge in [0.05, 0.1) is 12.7 Å². The highest BCUT2D eigenvalue weighted by Crippen LogP contribution is 2.25. The van der Waals surface area contributed by atoms with Gasteiger partial charge in [-0.2, -0.15) is 9.36 Å². The molecule has 1 atom stereocenters. The maximum atomic E-state index is 5.69. The Labute approximate surface area is 117 Å². The molecule has 0 amide bonds. The van der Waals surface area contributed by atoms with Crippen molar-refractivity contribution in [2.24, 2.45) is 0 Å². The summed E-state index contributed by atoms with van der Waals surface area (Å²) in [7, 11) is 0. The molecule has 1 saturated heterocycles. The lowest BCUT2D eigenvalue weighted by Crippen LogP contribution is -2.42. The molecule has 3 rings (SSSR count). The summed E-state index contributed by atoms with van der Waals surface area (Å²) < 4.78 is 10.1. The van der Waals surface area contributed by atoms with Gasteiger partial charge in [-0.25, -0.2) is 0 Å². The first-order chi connectivity index (χ1) is 9.36. The Morgan fingerprint density at radius 1 is 1.37 bits per heavy atom. The van der Waals surface area contributed by atoms with E-state index >= 15 is 0 Å². The van der Waals surface area contributed by atoms with E-state index in [1.165, 1.54) is 11.5 Å². The first-order valence-electron chi connectivity index (χ1n) is 6.62. The van der Waals surface area contributed by atoms with Crippen molar-refractivity contribution in [3.05, 3.63) is 30.3 Å². The molecule has 0 radical (unpaired) electrons. The molecule has 1 aliphatic heterocycles. The summed E-state index contributed by atoms with van der Waals surface area (Å²) in [5, 5.41) is 1.00. The van der Waals surface area contributed by atoms with E-state index in [1.807, 2.05) is 30.3 Å². The lowest BCUT2D eigenvalue weighted by atomic mass is 10.2. The van der Waals surface area contributed by atoms with Crippen molar-refractivity contribution in [2.45, 2.75) is 19.4 Å². The molecule has 0 N–H and O–H groups in total. The molecular weight excluding hydrogens is 258 g/mol. The second-order valence-corrected chi connectivity index (χ2v) is 5.34. The summed E-state index contributed by atoms with van der Waals surface area (Å²) in [5.41, 5.74) is 1.07. The molecule has 0 spiro atoms. The van der Waals surface area contributed by atoms with Crippen molar-refractivity contribution in [3.8, 4) is 11.4 Å². The first-order valence-corrected chi connectivity index (χ1v) is 7.40. The zero-order valence-electron chi connectivity index (χ0n) is 11.0. The molecule has 2 heterocycles. The number of nitrogens with zero attached hydrogens (tertiary/aromatic N) is 3. The number of aromatic nitrogens is 2. The van der Waals surface area contributed by atoms with Crippen molar-refractivity contribution in [1.29, 1.82) is 0 Å². The molecular formula is C14H17N3OS. The van der Waals surface area contributed by atoms with E-state index in [-0.39, 0.29) is 0 Å². The van der Waals surface area contributed by atoms with Crippen LogP contribution in [0, 0.1) is 0 Å². The van der Waals surface area contributed by atoms with E-state index in [0.717, 1.165) is 42.6 Å². The van der Waals surface area contributed by atoms with E-state index in [4.69, 9.17) is 4.74 Å². The van der Waals surface area contributed by atoms with E-state index in [2.05, 4.69) is 21.2 Å². The van der Waals surface area contributed by atoms with Crippen LogP contribution in [0.25, 0.3) is 11.4 Å². The summed E-state index contributed by atoms with van der Waals surface area (Å²) in [6.45, 7) is 4.75. The van der Waals surface area contributed by atoms with Gasteiger partial charge in [0, 0.05) is 30.2 Å². The number of morpholine rings is 1. The van der Waals surface area contributed by atoms with Crippen molar-refractivity contribution in [1.82, 2.24) is 9.36 Å². The molecule has 0 aliphatic carbocycles. The fraction of sp³-hybridized carbons (Fsp3) is 0.429. The average molecular weight is 275 g/mol. The van der Waals surface area contributed by atoms with Crippen LogP contribution in [-0.4, -0.2) is 35.2 Å². The third-order valence-electron chi connectivity index (χ3n) is 3.31. The van der Waals surface area contributed by atoms with E-state index in [1.54, 1.807) is 0 Å². The van der Waals surface area contributed by atoms with E-state index < -0.39 is 0 Å². The minimum absolute atomic E-state index is 0.317. The number of hydrogen-bond donors (Lipinski definition) is 0. The predicted octanol–water partition coefficient (Wildman–Crippen LogP) is 2.82. The van der Waals surface area contributed by atoms with Crippen molar-refractivity contribution in [2.75, 3.05) is 24.6 Å². The second kappa shape index (κ2) is 5.67. The van der Waals surface area contributed by atoms with E-state index in [0.29, 0.717) is 6.10 Å². The Hall–Kier alpha value is -1.46. The Balaban J connectivity index is 1.78. The van der Waals surface area contributed by atoms with Crippen LogP contribution in [0.1, 0.15) is 13.3 Å². The van der Waals surface area contributed by atoms with Crippen LogP contribution in [0.4, 0.5) is 5.13 Å². The van der Waals surface area contributed by atoms with Crippen LogP contribution >= 0.6 is 11.5 Å². The summed E-state index contributed by atoms with van der Waals surface area (Å²) in [4.78, 5) is 6.93. The minimum Gasteiger partial charge on any atom is -0.375 e. The molecule has 1 unspecified atom stereocenters. The molecule has 19 heavy (non-hydrogen) atoms. The lowest BCUT2D eigenvalue weighted by Gasteiger charge is -2.31. The second-order valence-electron chi connectivity index (χ2n) is 4.61. The van der Waals surface area contributed by atoms with Gasteiger partial charge in [0.1, 0.15) is 0 Å². The molecule has 1 aromatic carbocycles. The van der Waals surface area contributed by atoms with Crippen LogP contribution in [-0.2, 0) is 4.74 Å². The lowest BCUT2D eigenvalue weighted by molar-refractivity contribution is 0.0384. The highest BCUT2D eigenvalue weighted by Gasteiger charge is 2.22. The average Bonchev–Trinajstić information content (AvgIpc) is 2.98. The molecule has 100 valence electrons. The Morgan fingerprint density at radius 3 is 3.00 bits per heavy atom. The Kier molecular flexibility index (Phi) is 3.75. The summed E-state index contributed by atoms with van der Waals surface area (Å²) >= 11 is 1.47. The van der Waals surface area contributed by atoms with Crippen LogP contribution in [0.3, 0.4) is 0 Å². The molecule has 2 aromatic rings. The minimum atomic E-state index is 0.317. The number of benzene rings is 1. The first kappa shape index (κ1) is 12.6. The highest BCUT2D eigenvalue weighted by molar-refractivity contribution is 7.09. The number of anilines is 1. The van der Waals surface area contributed by atoms with Crippen molar-refractivity contribution in [3.63, 3.8) is 0 Å². The van der Waals surface area contributed by atoms with Crippen LogP contribution < -0.4 is 4.90 Å². The maximum absolute atomic E-state index is 5.69. The van der Waals surface area contributed by atoms with Crippen molar-refractivity contribution >= 4 is 16.7 Å². The fourth-order valence-electron chi connectivity index (χ4n) is 2.19. The van der Waals surface area contributed by atoms with Crippen LogP contribution in [0.5, 0.6) is 0 Å². The van der Waals surface area contributed by atoms with Gasteiger partial charge in [0.2, 0.25) is 5.13 Å². The highest BCUT2D eigenvalue weighted by atomic mass is 32.1. The third kappa shape index (κ3) is 2.77. The third-order valence-corrected chi connectivity index (χ3v) is 4.09. The number of ether oxygens (including phenoxy) is 1. The molecule has 4 nitrogen and oxygen atoms in total. The van der Waals surface area contributed by atoms with Gasteiger partial charge in [0.15, 0.2) is 5.82 Å². The van der Waals surface area contributed by atoms with Gasteiger partial charge in [-0.05, 0) is 6.42 Å². The van der Waals surface area contributed by atoms with Gasteiger partial charge in [0.25, 0.3) is 0 Å². The standard InChI is InChI=1S/C14H17N3OS/c1-2-12-10-17(8-9-18-12)14-15-13(16-19-14)11-6-4-3-5-7-11/h3-7,12H,2,8-10H2,1H3. The van der Waals surface area contributed by atoms with Crippen LogP contribution in [0.15, 0.2) is 30.3 Å². The van der Waals surface area contributed by atoms with Crippen LogP contribution in [0.2, 0.25) is 0 Å². The number of hydrogen-bond acceptors (Lipinski definition) is 5. The van der Waals surface area contributed by atoms with Gasteiger partial charge in [-0.1, -0.05) is 37.3 Å². The smallest absolute Gasteiger partial charge is 0.205 e. The molecule has 1 fully saturated rings. The molecule has 1 aliphatic rings. The van der Waals surface area contributed by atoms with Gasteiger partial charge < -0.3 is 9.64 Å². The van der Waals surface area contributed by atoms with Gasteiger partial charge in [-0.15, -0.1) is 0 Å². The summed E-state index contributed by atoms with van der Waals surface area (Å²) in [6.07, 6.45) is 1.36. The largest absolute Gasteiger partial charge is 0.375 e. The SMILES string of the molecule is CCC1CN(c2nc(-c3ccccc3)ns2)CCO1. The predicted molar refractivity (Wildman–Crippen MR) is 77.6 cm³/mol. The summed E-state index contributed by atoms with van der Waals surface area (Å²) in [5.74, 6) is 0.820. The normalized spacial score (nSPS) is 19.6. The Morgan fingerprint density at radius 2 is 2.21 bits per heavy atom. The fourth-order valence-corrected chi connectivity index (χ4v) is 2.91.